The Bertz CT molecular complexity index is 1090. The summed E-state index contributed by atoms with van der Waals surface area (Å²) in [5.41, 5.74) is 5.46. The van der Waals surface area contributed by atoms with Crippen LogP contribution in [0.5, 0.6) is 0 Å². The molecular weight excluding hydrogens is 324 g/mol. The van der Waals surface area contributed by atoms with Gasteiger partial charge in [-0.2, -0.15) is 5.10 Å². The second-order valence-electron chi connectivity index (χ2n) is 5.96. The van der Waals surface area contributed by atoms with Gasteiger partial charge >= 0.3 is 0 Å². The number of hydrogen-bond acceptors (Lipinski definition) is 3. The van der Waals surface area contributed by atoms with E-state index in [9.17, 15) is 4.79 Å². The molecule has 0 aliphatic heterocycles. The molecule has 0 spiro atoms. The molecule has 0 unspecified atom stereocenters. The van der Waals surface area contributed by atoms with E-state index in [1.165, 1.54) is 0 Å². The van der Waals surface area contributed by atoms with E-state index in [0.717, 1.165) is 32.9 Å². The monoisotopic (exact) mass is 342 g/mol. The van der Waals surface area contributed by atoms with Gasteiger partial charge in [0.2, 0.25) is 0 Å². The lowest BCUT2D eigenvalue weighted by Gasteiger charge is -2.08. The van der Waals surface area contributed by atoms with Gasteiger partial charge in [0.05, 0.1) is 12.8 Å². The number of H-pyrrole nitrogens is 1. The molecular formula is C21H18N4O. The maximum absolute atomic E-state index is 12.0. The van der Waals surface area contributed by atoms with Crippen LogP contribution < -0.4 is 10.7 Å². The van der Waals surface area contributed by atoms with E-state index >= 15 is 0 Å². The number of rotatable bonds is 5. The number of hydrazone groups is 1. The molecule has 3 N–H and O–H groups in total. The lowest BCUT2D eigenvalue weighted by Crippen LogP contribution is -2.25. The van der Waals surface area contributed by atoms with E-state index in [1.807, 2.05) is 72.9 Å². The van der Waals surface area contributed by atoms with Crippen molar-refractivity contribution in [3.8, 4) is 0 Å². The molecule has 0 saturated carbocycles. The molecule has 128 valence electrons. The molecule has 0 fully saturated rings. The van der Waals surface area contributed by atoms with Gasteiger partial charge in [-0.05, 0) is 17.5 Å². The Morgan fingerprint density at radius 1 is 0.962 bits per heavy atom. The van der Waals surface area contributed by atoms with Crippen molar-refractivity contribution < 1.29 is 4.79 Å². The van der Waals surface area contributed by atoms with Crippen molar-refractivity contribution in [2.75, 3.05) is 11.9 Å². The second kappa shape index (κ2) is 7.11. The van der Waals surface area contributed by atoms with Crippen molar-refractivity contribution in [3.63, 3.8) is 0 Å². The molecule has 0 radical (unpaired) electrons. The molecule has 1 amide bonds. The first kappa shape index (κ1) is 15.9. The molecule has 3 aromatic carbocycles. The molecule has 5 heteroatoms. The predicted octanol–water partition coefficient (Wildman–Crippen LogP) is 3.88. The molecule has 0 saturated heterocycles. The Morgan fingerprint density at radius 2 is 1.73 bits per heavy atom. The SMILES string of the molecule is O=C(CNc1cccc2ccccc12)N/N=C\c1c[nH]c2ccccc12. The van der Waals surface area contributed by atoms with Crippen LogP contribution in [0.3, 0.4) is 0 Å². The number of aromatic nitrogens is 1. The second-order valence-corrected chi connectivity index (χ2v) is 5.96. The number of anilines is 1. The minimum atomic E-state index is -0.200. The van der Waals surface area contributed by atoms with Gasteiger partial charge < -0.3 is 10.3 Å². The molecule has 0 aliphatic rings. The number of hydrogen-bond donors (Lipinski definition) is 3. The molecule has 4 aromatic rings. The van der Waals surface area contributed by atoms with Gasteiger partial charge in [-0.3, -0.25) is 4.79 Å². The van der Waals surface area contributed by atoms with E-state index in [1.54, 1.807) is 6.21 Å². The Balaban J connectivity index is 1.38. The van der Waals surface area contributed by atoms with Gasteiger partial charge in [-0.25, -0.2) is 5.43 Å². The minimum absolute atomic E-state index is 0.152. The number of carbonyl (C=O) groups is 1. The minimum Gasteiger partial charge on any atom is -0.376 e. The number of carbonyl (C=O) groups excluding carboxylic acids is 1. The van der Waals surface area contributed by atoms with Crippen molar-refractivity contribution in [1.29, 1.82) is 0 Å². The smallest absolute Gasteiger partial charge is 0.259 e. The van der Waals surface area contributed by atoms with Crippen LogP contribution in [0.25, 0.3) is 21.7 Å². The van der Waals surface area contributed by atoms with Crippen LogP contribution in [0.1, 0.15) is 5.56 Å². The normalized spacial score (nSPS) is 11.2. The zero-order chi connectivity index (χ0) is 17.8. The van der Waals surface area contributed by atoms with Gasteiger partial charge in [-0.15, -0.1) is 0 Å². The van der Waals surface area contributed by atoms with Crippen molar-refractivity contribution in [2.24, 2.45) is 5.10 Å². The van der Waals surface area contributed by atoms with Gasteiger partial charge in [0.15, 0.2) is 0 Å². The molecule has 5 nitrogen and oxygen atoms in total. The highest BCUT2D eigenvalue weighted by Crippen LogP contribution is 2.22. The summed E-state index contributed by atoms with van der Waals surface area (Å²) >= 11 is 0. The van der Waals surface area contributed by atoms with Crippen molar-refractivity contribution >= 4 is 39.5 Å². The fraction of sp³-hybridized carbons (Fsp3) is 0.0476. The number of benzene rings is 3. The highest BCUT2D eigenvalue weighted by molar-refractivity contribution is 5.99. The lowest BCUT2D eigenvalue weighted by molar-refractivity contribution is -0.119. The summed E-state index contributed by atoms with van der Waals surface area (Å²) in [7, 11) is 0. The number of nitrogens with zero attached hydrogens (tertiary/aromatic N) is 1. The summed E-state index contributed by atoms with van der Waals surface area (Å²) in [6, 6.07) is 22.0. The topological polar surface area (TPSA) is 69.3 Å². The Hall–Kier alpha value is -3.60. The number of para-hydroxylation sites is 1. The summed E-state index contributed by atoms with van der Waals surface area (Å²) in [5, 5.41) is 10.5. The summed E-state index contributed by atoms with van der Waals surface area (Å²) in [4.78, 5) is 15.2. The Labute approximate surface area is 150 Å². The summed E-state index contributed by atoms with van der Waals surface area (Å²) in [5.74, 6) is -0.200. The zero-order valence-electron chi connectivity index (χ0n) is 14.1. The first-order valence-corrected chi connectivity index (χ1v) is 8.41. The number of nitrogens with one attached hydrogen (secondary N) is 3. The zero-order valence-corrected chi connectivity index (χ0v) is 14.1. The average Bonchev–Trinajstić information content (AvgIpc) is 3.09. The maximum atomic E-state index is 12.0. The quantitative estimate of drug-likeness (QED) is 0.380. The average molecular weight is 342 g/mol. The summed E-state index contributed by atoms with van der Waals surface area (Å²) < 4.78 is 0. The van der Waals surface area contributed by atoms with Crippen LogP contribution in [0.2, 0.25) is 0 Å². The van der Waals surface area contributed by atoms with Gasteiger partial charge in [0, 0.05) is 33.7 Å². The van der Waals surface area contributed by atoms with E-state index in [-0.39, 0.29) is 12.5 Å². The fourth-order valence-electron chi connectivity index (χ4n) is 2.97. The van der Waals surface area contributed by atoms with Gasteiger partial charge in [0.25, 0.3) is 5.91 Å². The van der Waals surface area contributed by atoms with E-state index in [4.69, 9.17) is 0 Å². The lowest BCUT2D eigenvalue weighted by atomic mass is 10.1. The van der Waals surface area contributed by atoms with Gasteiger partial charge in [-0.1, -0.05) is 54.6 Å². The molecule has 26 heavy (non-hydrogen) atoms. The van der Waals surface area contributed by atoms with Crippen LogP contribution in [-0.2, 0) is 4.79 Å². The number of aromatic amines is 1. The van der Waals surface area contributed by atoms with E-state index in [0.29, 0.717) is 0 Å². The van der Waals surface area contributed by atoms with Crippen LogP contribution in [0.15, 0.2) is 78.0 Å². The largest absolute Gasteiger partial charge is 0.376 e. The predicted molar refractivity (Wildman–Crippen MR) is 106 cm³/mol. The molecule has 1 aromatic heterocycles. The first-order valence-electron chi connectivity index (χ1n) is 8.41. The molecule has 0 aliphatic carbocycles. The highest BCUT2D eigenvalue weighted by Gasteiger charge is 2.04. The third kappa shape index (κ3) is 3.28. The van der Waals surface area contributed by atoms with Crippen molar-refractivity contribution in [2.45, 2.75) is 0 Å². The Morgan fingerprint density at radius 3 is 2.65 bits per heavy atom. The molecule has 0 bridgehead atoms. The number of amides is 1. The van der Waals surface area contributed by atoms with Crippen LogP contribution >= 0.6 is 0 Å². The third-order valence-corrected chi connectivity index (χ3v) is 4.24. The van der Waals surface area contributed by atoms with Crippen molar-refractivity contribution in [1.82, 2.24) is 10.4 Å². The van der Waals surface area contributed by atoms with Crippen LogP contribution in [0.4, 0.5) is 5.69 Å². The van der Waals surface area contributed by atoms with E-state index in [2.05, 4.69) is 20.8 Å². The van der Waals surface area contributed by atoms with Gasteiger partial charge in [0.1, 0.15) is 0 Å². The number of fused-ring (bicyclic) bond motifs is 2. The molecule has 0 atom stereocenters. The van der Waals surface area contributed by atoms with Crippen molar-refractivity contribution in [3.05, 3.63) is 78.5 Å². The highest BCUT2D eigenvalue weighted by atomic mass is 16.2. The first-order chi connectivity index (χ1) is 12.8. The maximum Gasteiger partial charge on any atom is 0.259 e. The third-order valence-electron chi connectivity index (χ3n) is 4.24. The Kier molecular flexibility index (Phi) is 4.35. The van der Waals surface area contributed by atoms with Crippen LogP contribution in [0, 0.1) is 0 Å². The van der Waals surface area contributed by atoms with E-state index < -0.39 is 0 Å². The van der Waals surface area contributed by atoms with Crippen LogP contribution in [-0.4, -0.2) is 23.7 Å². The molecule has 4 rings (SSSR count). The fourth-order valence-corrected chi connectivity index (χ4v) is 2.97. The summed E-state index contributed by atoms with van der Waals surface area (Å²) in [6.07, 6.45) is 3.52. The standard InChI is InChI=1S/C21H18N4O/c26-21(14-23-20-11-5-7-15-6-1-2-8-17(15)20)25-24-13-16-12-22-19-10-4-3-9-18(16)19/h1-13,22-23H,14H2,(H,25,26)/b24-13-. The molecule has 1 heterocycles. The summed E-state index contributed by atoms with van der Waals surface area (Å²) in [6.45, 7) is 0.152.